The molecule has 0 aliphatic carbocycles. The largest absolute Gasteiger partial charge is 0.389 e. The number of hydrogen-bond donors (Lipinski definition) is 2. The molecule has 2 N–H and O–H groups in total. The van der Waals surface area contributed by atoms with Crippen molar-refractivity contribution in [3.8, 4) is 0 Å². The molecule has 0 saturated carbocycles. The van der Waals surface area contributed by atoms with Crippen LogP contribution in [0.25, 0.3) is 0 Å². The van der Waals surface area contributed by atoms with Crippen LogP contribution in [-0.2, 0) is 0 Å². The average molecular weight is 139 g/mol. The van der Waals surface area contributed by atoms with Crippen LogP contribution in [-0.4, -0.2) is 10.1 Å². The average Bonchev–Trinajstić information content (AvgIpc) is 2.10. The molecule has 1 atom stereocenters. The van der Waals surface area contributed by atoms with Crippen molar-refractivity contribution in [1.82, 2.24) is 4.98 Å². The van der Waals surface area contributed by atoms with Gasteiger partial charge in [-0.3, -0.25) is 0 Å². The smallest absolute Gasteiger partial charge is 0.0779 e. The zero-order valence-corrected chi connectivity index (χ0v) is 6.60. The molecular formula is C8H13NO. The van der Waals surface area contributed by atoms with E-state index in [0.717, 1.165) is 17.0 Å². The van der Waals surface area contributed by atoms with Crippen LogP contribution in [0.3, 0.4) is 0 Å². The summed E-state index contributed by atoms with van der Waals surface area (Å²) in [6, 6.07) is 1.97. The lowest BCUT2D eigenvalue weighted by atomic mass is 10.1. The van der Waals surface area contributed by atoms with Crippen molar-refractivity contribution in [3.05, 3.63) is 23.0 Å². The molecule has 0 unspecified atom stereocenters. The van der Waals surface area contributed by atoms with Crippen molar-refractivity contribution in [1.29, 1.82) is 0 Å². The highest BCUT2D eigenvalue weighted by Crippen LogP contribution is 2.17. The molecule has 1 heterocycles. The fraction of sp³-hybridized carbons (Fsp3) is 0.500. The maximum absolute atomic E-state index is 9.20. The fourth-order valence-electron chi connectivity index (χ4n) is 1.18. The summed E-state index contributed by atoms with van der Waals surface area (Å²) in [5.74, 6) is 0. The molecule has 0 aromatic carbocycles. The predicted molar refractivity (Wildman–Crippen MR) is 40.9 cm³/mol. The topological polar surface area (TPSA) is 36.0 Å². The molecule has 0 aliphatic rings. The third-order valence-corrected chi connectivity index (χ3v) is 1.64. The summed E-state index contributed by atoms with van der Waals surface area (Å²) in [4.78, 5) is 3.13. The lowest BCUT2D eigenvalue weighted by Crippen LogP contribution is -1.90. The highest BCUT2D eigenvalue weighted by Gasteiger charge is 2.05. The van der Waals surface area contributed by atoms with Crippen LogP contribution in [0.4, 0.5) is 0 Å². The molecule has 0 radical (unpaired) electrons. The first-order valence-electron chi connectivity index (χ1n) is 3.45. The molecule has 0 bridgehead atoms. The van der Waals surface area contributed by atoms with Crippen molar-refractivity contribution in [2.75, 3.05) is 0 Å². The molecule has 0 aliphatic heterocycles. The fourth-order valence-corrected chi connectivity index (χ4v) is 1.18. The summed E-state index contributed by atoms with van der Waals surface area (Å²) in [6.45, 7) is 5.73. The maximum Gasteiger partial charge on any atom is 0.0779 e. The summed E-state index contributed by atoms with van der Waals surface area (Å²) < 4.78 is 0. The molecule has 0 spiro atoms. The number of hydrogen-bond acceptors (Lipinski definition) is 1. The van der Waals surface area contributed by atoms with Crippen LogP contribution in [0.2, 0.25) is 0 Å². The minimum absolute atomic E-state index is 0.357. The van der Waals surface area contributed by atoms with Gasteiger partial charge in [0.25, 0.3) is 0 Å². The third kappa shape index (κ3) is 1.21. The van der Waals surface area contributed by atoms with Crippen LogP contribution in [0.1, 0.15) is 30.0 Å². The molecule has 10 heavy (non-hydrogen) atoms. The number of rotatable bonds is 1. The molecule has 56 valence electrons. The first-order chi connectivity index (χ1) is 4.61. The van der Waals surface area contributed by atoms with E-state index in [1.165, 1.54) is 0 Å². The Balaban J connectivity index is 3.03. The molecule has 1 aromatic rings. The van der Waals surface area contributed by atoms with Crippen LogP contribution < -0.4 is 0 Å². The third-order valence-electron chi connectivity index (χ3n) is 1.64. The normalized spacial score (nSPS) is 13.6. The standard InChI is InChI=1S/C8H13NO/c1-5-4-8(7(3)10)6(2)9-5/h4,7,9-10H,1-3H3/t7-/m1/s1. The van der Waals surface area contributed by atoms with E-state index >= 15 is 0 Å². The van der Waals surface area contributed by atoms with Crippen LogP contribution in [0, 0.1) is 13.8 Å². The van der Waals surface area contributed by atoms with Gasteiger partial charge in [-0.25, -0.2) is 0 Å². The van der Waals surface area contributed by atoms with Crippen molar-refractivity contribution in [3.63, 3.8) is 0 Å². The van der Waals surface area contributed by atoms with Crippen molar-refractivity contribution in [2.45, 2.75) is 26.9 Å². The lowest BCUT2D eigenvalue weighted by molar-refractivity contribution is 0.198. The Labute approximate surface area is 60.9 Å². The van der Waals surface area contributed by atoms with Crippen LogP contribution >= 0.6 is 0 Å². The van der Waals surface area contributed by atoms with E-state index < -0.39 is 0 Å². The number of aryl methyl sites for hydroxylation is 2. The second-order valence-corrected chi connectivity index (χ2v) is 2.71. The minimum Gasteiger partial charge on any atom is -0.389 e. The highest BCUT2D eigenvalue weighted by molar-refractivity contribution is 5.25. The quantitative estimate of drug-likeness (QED) is 0.610. The van der Waals surface area contributed by atoms with E-state index in [1.807, 2.05) is 19.9 Å². The summed E-state index contributed by atoms with van der Waals surface area (Å²) in [6.07, 6.45) is -0.357. The number of aromatic amines is 1. The zero-order valence-electron chi connectivity index (χ0n) is 6.60. The maximum atomic E-state index is 9.20. The van der Waals surface area contributed by atoms with Gasteiger partial charge in [-0.1, -0.05) is 0 Å². The second kappa shape index (κ2) is 2.46. The van der Waals surface area contributed by atoms with Crippen molar-refractivity contribution >= 4 is 0 Å². The van der Waals surface area contributed by atoms with Gasteiger partial charge in [0.2, 0.25) is 0 Å². The molecule has 0 saturated heterocycles. The second-order valence-electron chi connectivity index (χ2n) is 2.71. The van der Waals surface area contributed by atoms with Gasteiger partial charge in [0.1, 0.15) is 0 Å². The summed E-state index contributed by atoms with van der Waals surface area (Å²) in [7, 11) is 0. The van der Waals surface area contributed by atoms with Crippen LogP contribution in [0.5, 0.6) is 0 Å². The highest BCUT2D eigenvalue weighted by atomic mass is 16.3. The molecule has 2 heteroatoms. The molecule has 0 amide bonds. The van der Waals surface area contributed by atoms with E-state index in [-0.39, 0.29) is 6.10 Å². The van der Waals surface area contributed by atoms with Crippen LogP contribution in [0.15, 0.2) is 6.07 Å². The number of H-pyrrole nitrogens is 1. The zero-order chi connectivity index (χ0) is 7.72. The monoisotopic (exact) mass is 139 g/mol. The Morgan fingerprint density at radius 2 is 2.10 bits per heavy atom. The van der Waals surface area contributed by atoms with Gasteiger partial charge in [0, 0.05) is 17.0 Å². The number of nitrogens with one attached hydrogen (secondary N) is 1. The Morgan fingerprint density at radius 1 is 1.50 bits per heavy atom. The summed E-state index contributed by atoms with van der Waals surface area (Å²) in [5.41, 5.74) is 3.17. The Kier molecular flexibility index (Phi) is 1.81. The number of aliphatic hydroxyl groups excluding tert-OH is 1. The first-order valence-corrected chi connectivity index (χ1v) is 3.45. The molecule has 1 rings (SSSR count). The number of aliphatic hydroxyl groups is 1. The van der Waals surface area contributed by atoms with E-state index in [1.54, 1.807) is 6.92 Å². The van der Waals surface area contributed by atoms with Gasteiger partial charge in [-0.15, -0.1) is 0 Å². The Bertz CT molecular complexity index is 225. The van der Waals surface area contributed by atoms with Gasteiger partial charge < -0.3 is 10.1 Å². The van der Waals surface area contributed by atoms with E-state index in [0.29, 0.717) is 0 Å². The van der Waals surface area contributed by atoms with E-state index in [4.69, 9.17) is 0 Å². The van der Waals surface area contributed by atoms with E-state index in [2.05, 4.69) is 4.98 Å². The molecule has 0 fully saturated rings. The lowest BCUT2D eigenvalue weighted by Gasteiger charge is -2.00. The molecular weight excluding hydrogens is 126 g/mol. The Hall–Kier alpha value is -0.760. The van der Waals surface area contributed by atoms with Crippen molar-refractivity contribution in [2.24, 2.45) is 0 Å². The predicted octanol–water partition coefficient (Wildman–Crippen LogP) is 1.68. The Morgan fingerprint density at radius 3 is 2.30 bits per heavy atom. The minimum atomic E-state index is -0.357. The van der Waals surface area contributed by atoms with Gasteiger partial charge >= 0.3 is 0 Å². The van der Waals surface area contributed by atoms with Gasteiger partial charge in [0.05, 0.1) is 6.10 Å². The summed E-state index contributed by atoms with van der Waals surface area (Å²) >= 11 is 0. The number of aromatic nitrogens is 1. The summed E-state index contributed by atoms with van der Waals surface area (Å²) in [5, 5.41) is 9.20. The van der Waals surface area contributed by atoms with Gasteiger partial charge in [0.15, 0.2) is 0 Å². The first kappa shape index (κ1) is 7.35. The molecule has 1 aromatic heterocycles. The van der Waals surface area contributed by atoms with Gasteiger partial charge in [-0.2, -0.15) is 0 Å². The van der Waals surface area contributed by atoms with E-state index in [9.17, 15) is 5.11 Å². The van der Waals surface area contributed by atoms with Crippen molar-refractivity contribution < 1.29 is 5.11 Å². The van der Waals surface area contributed by atoms with Gasteiger partial charge in [-0.05, 0) is 26.8 Å². The molecule has 2 nitrogen and oxygen atoms in total. The SMILES string of the molecule is Cc1cc([C@@H](C)O)c(C)[nH]1.